The van der Waals surface area contributed by atoms with Crippen molar-refractivity contribution in [3.8, 4) is 11.3 Å². The zero-order chi connectivity index (χ0) is 14.2. The Balaban J connectivity index is 2.56. The molecule has 1 nitrogen and oxygen atoms in total. The van der Waals surface area contributed by atoms with Crippen LogP contribution < -0.4 is 0 Å². The average Bonchev–Trinajstić information content (AvgIpc) is 2.32. The number of nitrogens with zero attached hydrogens (tertiary/aromatic N) is 1. The summed E-state index contributed by atoms with van der Waals surface area (Å²) < 4.78 is 24.1. The summed E-state index contributed by atoms with van der Waals surface area (Å²) >= 11 is 0. The second-order valence-corrected chi connectivity index (χ2v) is 4.14. The molecule has 0 spiro atoms. The average molecular weight is 214 g/mol. The van der Waals surface area contributed by atoms with Gasteiger partial charge in [0.15, 0.2) is 0 Å². The normalized spacial score (nSPS) is 14.1. The summed E-state index contributed by atoms with van der Waals surface area (Å²) in [6.45, 7) is 5.40. The molecule has 0 aliphatic carbocycles. The van der Waals surface area contributed by atoms with Gasteiger partial charge in [-0.15, -0.1) is 0 Å². The van der Waals surface area contributed by atoms with Crippen molar-refractivity contribution in [1.29, 1.82) is 0 Å². The number of rotatable bonds is 2. The Morgan fingerprint density at radius 3 is 2.50 bits per heavy atom. The van der Waals surface area contributed by atoms with E-state index >= 15 is 0 Å². The van der Waals surface area contributed by atoms with E-state index in [4.69, 9.17) is 4.11 Å². The van der Waals surface area contributed by atoms with E-state index in [0.29, 0.717) is 11.3 Å². The van der Waals surface area contributed by atoms with Gasteiger partial charge in [-0.05, 0) is 24.4 Å². The minimum atomic E-state index is -0.911. The fourth-order valence-corrected chi connectivity index (χ4v) is 1.43. The molecule has 1 heteroatoms. The van der Waals surface area contributed by atoms with E-state index in [1.807, 2.05) is 31.2 Å². The zero-order valence-electron chi connectivity index (χ0n) is 12.8. The molecule has 2 rings (SSSR count). The zero-order valence-corrected chi connectivity index (χ0v) is 9.83. The lowest BCUT2D eigenvalue weighted by molar-refractivity contribution is 0.859. The lowest BCUT2D eigenvalue weighted by atomic mass is 10.0. The van der Waals surface area contributed by atoms with E-state index in [-0.39, 0.29) is 12.1 Å². The smallest absolute Gasteiger partial charge is 0.0702 e. The van der Waals surface area contributed by atoms with Crippen molar-refractivity contribution in [3.05, 3.63) is 53.7 Å². The SMILES string of the molecule is [2H]c1c(C([2H])(C)C)cnc(-c2ccc(C)cc2)c1[2H]. The number of hydrogen-bond acceptors (Lipinski definition) is 1. The van der Waals surface area contributed by atoms with Crippen molar-refractivity contribution in [2.45, 2.75) is 26.7 Å². The first-order valence-corrected chi connectivity index (χ1v) is 5.34. The summed E-state index contributed by atoms with van der Waals surface area (Å²) in [6, 6.07) is 7.90. The molecule has 0 saturated carbocycles. The predicted molar refractivity (Wildman–Crippen MR) is 68.5 cm³/mol. The summed E-state index contributed by atoms with van der Waals surface area (Å²) in [5.74, 6) is -0.911. The Morgan fingerprint density at radius 1 is 1.19 bits per heavy atom. The second-order valence-electron chi connectivity index (χ2n) is 4.14. The molecule has 2 aromatic rings. The molecule has 0 bridgehead atoms. The van der Waals surface area contributed by atoms with Gasteiger partial charge in [0.2, 0.25) is 0 Å². The number of pyridine rings is 1. The van der Waals surface area contributed by atoms with Crippen molar-refractivity contribution in [1.82, 2.24) is 4.98 Å². The van der Waals surface area contributed by atoms with Crippen LogP contribution in [0.2, 0.25) is 0 Å². The molecule has 1 aromatic heterocycles. The first kappa shape index (κ1) is 7.61. The van der Waals surface area contributed by atoms with Crippen LogP contribution in [-0.2, 0) is 0 Å². The molecule has 1 aromatic carbocycles. The molecule has 16 heavy (non-hydrogen) atoms. The minimum absolute atomic E-state index is 0.0849. The lowest BCUT2D eigenvalue weighted by Gasteiger charge is -2.06. The summed E-state index contributed by atoms with van der Waals surface area (Å²) in [5.41, 5.74) is 2.95. The van der Waals surface area contributed by atoms with Gasteiger partial charge in [-0.1, -0.05) is 49.7 Å². The summed E-state index contributed by atoms with van der Waals surface area (Å²) in [6.07, 6.45) is 1.54. The number of aryl methyl sites for hydroxylation is 1. The number of benzene rings is 1. The van der Waals surface area contributed by atoms with E-state index in [9.17, 15) is 0 Å². The minimum Gasteiger partial charge on any atom is -0.256 e. The largest absolute Gasteiger partial charge is 0.256 e. The molecule has 82 valence electrons. The molecule has 0 radical (unpaired) electrons. The van der Waals surface area contributed by atoms with Gasteiger partial charge >= 0.3 is 0 Å². The highest BCUT2D eigenvalue weighted by molar-refractivity contribution is 5.59. The molecular weight excluding hydrogens is 194 g/mol. The first-order valence-electron chi connectivity index (χ1n) is 6.84. The van der Waals surface area contributed by atoms with Crippen LogP contribution >= 0.6 is 0 Å². The van der Waals surface area contributed by atoms with E-state index in [1.165, 1.54) is 0 Å². The first-order chi connectivity index (χ1) is 8.80. The molecule has 0 fully saturated rings. The Hall–Kier alpha value is -1.63. The van der Waals surface area contributed by atoms with Crippen LogP contribution in [-0.4, -0.2) is 4.98 Å². The van der Waals surface area contributed by atoms with Crippen LogP contribution in [0.4, 0.5) is 0 Å². The molecule has 0 aliphatic rings. The fourth-order valence-electron chi connectivity index (χ4n) is 1.43. The van der Waals surface area contributed by atoms with E-state index in [1.54, 1.807) is 20.0 Å². The maximum Gasteiger partial charge on any atom is 0.0702 e. The highest BCUT2D eigenvalue weighted by atomic mass is 14.7. The maximum atomic E-state index is 8.07. The second kappa shape index (κ2) is 4.48. The van der Waals surface area contributed by atoms with Crippen molar-refractivity contribution >= 4 is 0 Å². The van der Waals surface area contributed by atoms with Crippen LogP contribution in [0.1, 0.15) is 35.0 Å². The summed E-state index contributed by atoms with van der Waals surface area (Å²) in [7, 11) is 0. The monoisotopic (exact) mass is 214 g/mol. The Morgan fingerprint density at radius 2 is 1.88 bits per heavy atom. The van der Waals surface area contributed by atoms with Crippen LogP contribution in [0, 0.1) is 6.92 Å². The standard InChI is InChI=1S/C15H17N/c1-11(2)14-8-9-15(16-10-14)13-6-4-12(3)5-7-13/h4-11H,1-3H3/i8D,9D,11D. The Labute approximate surface area is 101 Å². The summed E-state index contributed by atoms with van der Waals surface area (Å²) in [4.78, 5) is 4.28. The third-order valence-electron chi connectivity index (χ3n) is 2.50. The van der Waals surface area contributed by atoms with Crippen LogP contribution in [0.25, 0.3) is 11.3 Å². The molecule has 0 saturated heterocycles. The van der Waals surface area contributed by atoms with Crippen LogP contribution in [0.15, 0.2) is 42.5 Å². The topological polar surface area (TPSA) is 12.9 Å². The van der Waals surface area contributed by atoms with Gasteiger partial charge in [-0.3, -0.25) is 4.98 Å². The summed E-state index contributed by atoms with van der Waals surface area (Å²) in [5, 5.41) is 0. The van der Waals surface area contributed by atoms with E-state index in [2.05, 4.69) is 4.98 Å². The fraction of sp³-hybridized carbons (Fsp3) is 0.267. The van der Waals surface area contributed by atoms with Crippen LogP contribution in [0.5, 0.6) is 0 Å². The van der Waals surface area contributed by atoms with Crippen LogP contribution in [0.3, 0.4) is 0 Å². The van der Waals surface area contributed by atoms with Gasteiger partial charge in [0, 0.05) is 13.1 Å². The Kier molecular flexibility index (Phi) is 2.13. The highest BCUT2D eigenvalue weighted by Crippen LogP contribution is 2.20. The molecule has 0 atom stereocenters. The predicted octanol–water partition coefficient (Wildman–Crippen LogP) is 4.18. The number of hydrogen-bond donors (Lipinski definition) is 0. The Bertz CT molecular complexity index is 598. The molecule has 0 N–H and O–H groups in total. The van der Waals surface area contributed by atoms with Crippen molar-refractivity contribution in [2.24, 2.45) is 0 Å². The molecule has 1 heterocycles. The van der Waals surface area contributed by atoms with Gasteiger partial charge in [-0.25, -0.2) is 0 Å². The highest BCUT2D eigenvalue weighted by Gasteiger charge is 2.01. The van der Waals surface area contributed by atoms with Gasteiger partial charge in [-0.2, -0.15) is 0 Å². The molecule has 0 unspecified atom stereocenters. The van der Waals surface area contributed by atoms with Crippen molar-refractivity contribution in [3.63, 3.8) is 0 Å². The quantitative estimate of drug-likeness (QED) is 0.730. The molecular formula is C15H17N. The van der Waals surface area contributed by atoms with Crippen molar-refractivity contribution in [2.75, 3.05) is 0 Å². The van der Waals surface area contributed by atoms with Gasteiger partial charge in [0.05, 0.1) is 8.44 Å². The van der Waals surface area contributed by atoms with Crippen molar-refractivity contribution < 1.29 is 4.11 Å². The third-order valence-corrected chi connectivity index (χ3v) is 2.50. The van der Waals surface area contributed by atoms with Gasteiger partial charge in [0.25, 0.3) is 0 Å². The maximum absolute atomic E-state index is 8.07. The van der Waals surface area contributed by atoms with Gasteiger partial charge in [0.1, 0.15) is 0 Å². The van der Waals surface area contributed by atoms with E-state index in [0.717, 1.165) is 11.1 Å². The molecule has 0 aliphatic heterocycles. The molecule has 0 amide bonds. The van der Waals surface area contributed by atoms with E-state index < -0.39 is 5.89 Å². The lowest BCUT2D eigenvalue weighted by Crippen LogP contribution is -1.90. The number of aromatic nitrogens is 1. The third kappa shape index (κ3) is 2.30. The van der Waals surface area contributed by atoms with Gasteiger partial charge < -0.3 is 0 Å².